The third-order valence-corrected chi connectivity index (χ3v) is 3.20. The van der Waals surface area contributed by atoms with E-state index in [1.54, 1.807) is 47.8 Å². The Hall–Kier alpha value is -2.76. The summed E-state index contributed by atoms with van der Waals surface area (Å²) in [6.07, 6.45) is 6.22. The third-order valence-electron chi connectivity index (χ3n) is 3.20. The Kier molecular flexibility index (Phi) is 5.19. The molecular formula is C16H18N4O2. The van der Waals surface area contributed by atoms with E-state index in [-0.39, 0.29) is 5.91 Å². The van der Waals surface area contributed by atoms with Gasteiger partial charge in [-0.3, -0.25) is 9.78 Å². The topological polar surface area (TPSA) is 72.5 Å². The van der Waals surface area contributed by atoms with Crippen LogP contribution in [0.4, 0.5) is 0 Å². The molecule has 0 fully saturated rings. The number of carbonyl (C=O) groups excluding carboxylic acids is 1. The largest absolute Gasteiger partial charge is 0.854 e. The normalized spacial score (nSPS) is 11.3. The number of amides is 1. The van der Waals surface area contributed by atoms with Crippen LogP contribution in [0, 0.1) is 0 Å². The summed E-state index contributed by atoms with van der Waals surface area (Å²) in [6.45, 7) is 5.12. The fraction of sp³-hybridized carbons (Fsp3) is 0.250. The van der Waals surface area contributed by atoms with Gasteiger partial charge in [-0.15, -0.1) is 0 Å². The van der Waals surface area contributed by atoms with E-state index in [0.717, 1.165) is 0 Å². The summed E-state index contributed by atoms with van der Waals surface area (Å²) in [5.74, 6) is -0.492. The predicted octanol–water partition coefficient (Wildman–Crippen LogP) is 0.421. The van der Waals surface area contributed by atoms with E-state index in [0.29, 0.717) is 24.2 Å². The zero-order valence-corrected chi connectivity index (χ0v) is 12.6. The minimum Gasteiger partial charge on any atom is -0.854 e. The van der Waals surface area contributed by atoms with Gasteiger partial charge in [0.15, 0.2) is 0 Å². The van der Waals surface area contributed by atoms with Crippen molar-refractivity contribution in [3.63, 3.8) is 0 Å². The van der Waals surface area contributed by atoms with Gasteiger partial charge in [-0.2, -0.15) is 0 Å². The van der Waals surface area contributed by atoms with Gasteiger partial charge in [-0.1, -0.05) is 10.7 Å². The summed E-state index contributed by atoms with van der Waals surface area (Å²) >= 11 is 0. The van der Waals surface area contributed by atoms with Crippen LogP contribution in [0.3, 0.4) is 0 Å². The maximum absolute atomic E-state index is 12.3. The monoisotopic (exact) mass is 298 g/mol. The average molecular weight is 298 g/mol. The lowest BCUT2D eigenvalue weighted by Crippen LogP contribution is -2.36. The first-order valence-electron chi connectivity index (χ1n) is 7.12. The number of nitrogens with zero attached hydrogens (tertiary/aromatic N) is 4. The third kappa shape index (κ3) is 3.66. The fourth-order valence-corrected chi connectivity index (χ4v) is 2.00. The second-order valence-corrected chi connectivity index (χ2v) is 4.60. The highest BCUT2D eigenvalue weighted by atomic mass is 16.3. The van der Waals surface area contributed by atoms with Gasteiger partial charge < -0.3 is 10.0 Å². The molecule has 0 N–H and O–H groups in total. The van der Waals surface area contributed by atoms with Crippen LogP contribution in [-0.2, 0) is 0 Å². The molecule has 0 radical (unpaired) electrons. The highest BCUT2D eigenvalue weighted by Gasteiger charge is 2.15. The lowest BCUT2D eigenvalue weighted by molar-refractivity contribution is -0.681. The molecule has 2 aromatic rings. The van der Waals surface area contributed by atoms with E-state index in [1.165, 1.54) is 10.9 Å². The Morgan fingerprint density at radius 1 is 1.27 bits per heavy atom. The molecule has 0 bridgehead atoms. The van der Waals surface area contributed by atoms with E-state index in [4.69, 9.17) is 0 Å². The quantitative estimate of drug-likeness (QED) is 0.456. The van der Waals surface area contributed by atoms with Crippen molar-refractivity contribution in [1.29, 1.82) is 0 Å². The molecule has 0 atom stereocenters. The zero-order chi connectivity index (χ0) is 15.9. The Labute approximate surface area is 129 Å². The molecule has 0 spiro atoms. The molecule has 2 aromatic heterocycles. The van der Waals surface area contributed by atoms with Crippen LogP contribution in [0.25, 0.3) is 0 Å². The minimum atomic E-state index is -0.412. The number of aromatic nitrogens is 2. The maximum atomic E-state index is 12.3. The van der Waals surface area contributed by atoms with Gasteiger partial charge in [0.1, 0.15) is 5.56 Å². The Morgan fingerprint density at radius 3 is 2.64 bits per heavy atom. The summed E-state index contributed by atoms with van der Waals surface area (Å²) in [7, 11) is 0. The van der Waals surface area contributed by atoms with Crippen LogP contribution in [0.5, 0.6) is 0 Å². The fourth-order valence-electron chi connectivity index (χ4n) is 2.00. The number of carbonyl (C=O) groups is 1. The van der Waals surface area contributed by atoms with Gasteiger partial charge in [0.25, 0.3) is 5.91 Å². The van der Waals surface area contributed by atoms with Crippen molar-refractivity contribution in [2.24, 2.45) is 5.10 Å². The lowest BCUT2D eigenvalue weighted by Gasteiger charge is -2.17. The molecule has 114 valence electrons. The van der Waals surface area contributed by atoms with Gasteiger partial charge in [0, 0.05) is 37.1 Å². The van der Waals surface area contributed by atoms with Crippen LogP contribution >= 0.6 is 0 Å². The highest BCUT2D eigenvalue weighted by Crippen LogP contribution is 2.02. The van der Waals surface area contributed by atoms with Gasteiger partial charge in [-0.25, -0.2) is 0 Å². The Morgan fingerprint density at radius 2 is 2.00 bits per heavy atom. The van der Waals surface area contributed by atoms with Crippen molar-refractivity contribution < 1.29 is 14.6 Å². The van der Waals surface area contributed by atoms with E-state index in [2.05, 4.69) is 10.1 Å². The van der Waals surface area contributed by atoms with Crippen LogP contribution in [0.1, 0.15) is 29.8 Å². The Bertz CT molecular complexity index is 667. The Balaban J connectivity index is 2.27. The molecule has 2 rings (SSSR count). The molecule has 0 aliphatic rings. The molecule has 0 saturated carbocycles. The first-order chi connectivity index (χ1) is 10.7. The van der Waals surface area contributed by atoms with Crippen molar-refractivity contribution in [3.8, 4) is 0 Å². The van der Waals surface area contributed by atoms with E-state index in [1.807, 2.05) is 13.8 Å². The molecule has 6 nitrogen and oxygen atoms in total. The van der Waals surface area contributed by atoms with E-state index < -0.39 is 5.90 Å². The van der Waals surface area contributed by atoms with Crippen molar-refractivity contribution in [1.82, 2.24) is 9.88 Å². The molecular weight excluding hydrogens is 280 g/mol. The van der Waals surface area contributed by atoms with Crippen LogP contribution in [0.2, 0.25) is 0 Å². The van der Waals surface area contributed by atoms with Crippen molar-refractivity contribution >= 4 is 11.8 Å². The van der Waals surface area contributed by atoms with Crippen LogP contribution < -0.4 is 9.78 Å². The average Bonchev–Trinajstić information content (AvgIpc) is 2.57. The second-order valence-electron chi connectivity index (χ2n) is 4.60. The van der Waals surface area contributed by atoms with Gasteiger partial charge in [0.05, 0.1) is 5.90 Å². The lowest BCUT2D eigenvalue weighted by atomic mass is 10.2. The molecule has 2 heterocycles. The molecule has 22 heavy (non-hydrogen) atoms. The molecule has 0 unspecified atom stereocenters. The molecule has 0 aliphatic carbocycles. The first-order valence-corrected chi connectivity index (χ1v) is 7.12. The standard InChI is InChI=1S/C16H18N4O2/c1-3-19(4-2)16(22)14-8-6-10-20(12-14)18-15(21)13-7-5-9-17-11-13/h5-12H,3-4H2,1-2H3. The smallest absolute Gasteiger partial charge is 0.260 e. The summed E-state index contributed by atoms with van der Waals surface area (Å²) in [4.78, 5) is 17.9. The number of hydrogen-bond acceptors (Lipinski definition) is 4. The van der Waals surface area contributed by atoms with E-state index in [9.17, 15) is 9.90 Å². The summed E-state index contributed by atoms with van der Waals surface area (Å²) in [5, 5.41) is 16.0. The molecule has 0 saturated heterocycles. The number of hydrogen-bond donors (Lipinski definition) is 0. The van der Waals surface area contributed by atoms with Crippen molar-refractivity contribution in [3.05, 3.63) is 60.2 Å². The molecule has 1 amide bonds. The summed E-state index contributed by atoms with van der Waals surface area (Å²) in [5.41, 5.74) is 0.893. The first kappa shape index (κ1) is 15.6. The second kappa shape index (κ2) is 7.31. The van der Waals surface area contributed by atoms with Crippen LogP contribution in [0.15, 0.2) is 54.2 Å². The van der Waals surface area contributed by atoms with Crippen molar-refractivity contribution in [2.75, 3.05) is 13.1 Å². The van der Waals surface area contributed by atoms with Gasteiger partial charge in [0.2, 0.25) is 12.4 Å². The molecule has 0 aromatic carbocycles. The number of pyridine rings is 2. The zero-order valence-electron chi connectivity index (χ0n) is 12.6. The van der Waals surface area contributed by atoms with Gasteiger partial charge >= 0.3 is 0 Å². The minimum absolute atomic E-state index is 0.0802. The summed E-state index contributed by atoms with van der Waals surface area (Å²) in [6, 6.07) is 6.72. The SMILES string of the molecule is CCN(CC)C(=O)c1ccc[n+](/N=C(\[O-])c2cccnc2)c1. The molecule has 6 heteroatoms. The van der Waals surface area contributed by atoms with Crippen molar-refractivity contribution in [2.45, 2.75) is 13.8 Å². The summed E-state index contributed by atoms with van der Waals surface area (Å²) < 4.78 is 1.35. The van der Waals surface area contributed by atoms with E-state index >= 15 is 0 Å². The van der Waals surface area contributed by atoms with Gasteiger partial charge in [-0.05, 0) is 31.1 Å². The highest BCUT2D eigenvalue weighted by molar-refractivity contribution is 5.93. The van der Waals surface area contributed by atoms with Crippen LogP contribution in [-0.4, -0.2) is 34.8 Å². The number of rotatable bonds is 5. The predicted molar refractivity (Wildman–Crippen MR) is 80.1 cm³/mol. The maximum Gasteiger partial charge on any atom is 0.260 e. The molecule has 0 aliphatic heterocycles.